The zero-order chi connectivity index (χ0) is 8.77. The van der Waals surface area contributed by atoms with Gasteiger partial charge >= 0.3 is 0 Å². The van der Waals surface area contributed by atoms with E-state index in [9.17, 15) is 5.26 Å². The van der Waals surface area contributed by atoms with Gasteiger partial charge in [-0.3, -0.25) is 0 Å². The number of nitriles is 1. The van der Waals surface area contributed by atoms with Crippen LogP contribution in [0.4, 0.5) is 0 Å². The Labute approximate surface area is 74.1 Å². The molecule has 2 aliphatic carbocycles. The largest absolute Gasteiger partial charge is 0.198 e. The van der Waals surface area contributed by atoms with Gasteiger partial charge in [0.15, 0.2) is 0 Å². The number of rotatable bonds is 1. The maximum Gasteiger partial charge on any atom is 0.0698 e. The van der Waals surface area contributed by atoms with Crippen molar-refractivity contribution in [1.82, 2.24) is 0 Å². The van der Waals surface area contributed by atoms with Crippen LogP contribution < -0.4 is 0 Å². The third kappa shape index (κ3) is 0.784. The van der Waals surface area contributed by atoms with E-state index in [1.165, 1.54) is 6.42 Å². The second-order valence-electron chi connectivity index (χ2n) is 4.50. The van der Waals surface area contributed by atoms with E-state index in [-0.39, 0.29) is 5.41 Å². The van der Waals surface area contributed by atoms with Crippen LogP contribution in [0.15, 0.2) is 12.2 Å². The molecule has 0 aromatic carbocycles. The molecule has 0 aromatic rings. The van der Waals surface area contributed by atoms with Crippen molar-refractivity contribution in [3.63, 3.8) is 0 Å². The molecule has 64 valence electrons. The van der Waals surface area contributed by atoms with E-state index >= 15 is 0 Å². The second kappa shape index (κ2) is 2.36. The van der Waals surface area contributed by atoms with Crippen molar-refractivity contribution in [3.05, 3.63) is 12.2 Å². The summed E-state index contributed by atoms with van der Waals surface area (Å²) in [5.41, 5.74) is -0.0284. The van der Waals surface area contributed by atoms with Crippen LogP contribution in [0.2, 0.25) is 0 Å². The molecule has 2 rings (SSSR count). The van der Waals surface area contributed by atoms with Gasteiger partial charge in [-0.25, -0.2) is 0 Å². The molecular formula is C11H15N. The van der Waals surface area contributed by atoms with Crippen LogP contribution >= 0.6 is 0 Å². The maximum atomic E-state index is 9.23. The summed E-state index contributed by atoms with van der Waals surface area (Å²) in [6, 6.07) is 2.56. The van der Waals surface area contributed by atoms with Crippen molar-refractivity contribution >= 4 is 0 Å². The van der Waals surface area contributed by atoms with E-state index in [0.717, 1.165) is 6.42 Å². The molecule has 0 spiro atoms. The Bertz CT molecular complexity index is 259. The van der Waals surface area contributed by atoms with Crippen LogP contribution in [-0.4, -0.2) is 0 Å². The highest BCUT2D eigenvalue weighted by atomic mass is 14.5. The first-order valence-corrected chi connectivity index (χ1v) is 4.78. The molecule has 0 radical (unpaired) electrons. The third-order valence-corrected chi connectivity index (χ3v) is 3.67. The van der Waals surface area contributed by atoms with Gasteiger partial charge in [-0.2, -0.15) is 5.26 Å². The summed E-state index contributed by atoms with van der Waals surface area (Å²) >= 11 is 0. The molecule has 2 bridgehead atoms. The summed E-state index contributed by atoms with van der Waals surface area (Å²) < 4.78 is 0. The molecule has 0 heterocycles. The molecule has 1 fully saturated rings. The highest BCUT2D eigenvalue weighted by Crippen LogP contribution is 2.55. The van der Waals surface area contributed by atoms with Gasteiger partial charge in [0, 0.05) is 0 Å². The average molecular weight is 161 g/mol. The van der Waals surface area contributed by atoms with Crippen molar-refractivity contribution < 1.29 is 0 Å². The van der Waals surface area contributed by atoms with Crippen molar-refractivity contribution in [2.24, 2.45) is 23.2 Å². The van der Waals surface area contributed by atoms with E-state index in [1.54, 1.807) is 0 Å². The van der Waals surface area contributed by atoms with E-state index in [1.807, 2.05) is 0 Å². The fraction of sp³-hybridized carbons (Fsp3) is 0.727. The van der Waals surface area contributed by atoms with Crippen LogP contribution in [0.25, 0.3) is 0 Å². The number of nitrogens with zero attached hydrogens (tertiary/aromatic N) is 1. The molecule has 1 nitrogen and oxygen atoms in total. The summed E-state index contributed by atoms with van der Waals surface area (Å²) in [6.45, 7) is 4.36. The van der Waals surface area contributed by atoms with Crippen LogP contribution in [0.1, 0.15) is 26.7 Å². The Morgan fingerprint density at radius 2 is 2.25 bits per heavy atom. The lowest BCUT2D eigenvalue weighted by molar-refractivity contribution is 0.226. The molecule has 0 unspecified atom stereocenters. The monoisotopic (exact) mass is 161 g/mol. The first-order chi connectivity index (χ1) is 5.69. The van der Waals surface area contributed by atoms with Gasteiger partial charge < -0.3 is 0 Å². The van der Waals surface area contributed by atoms with Gasteiger partial charge in [0.05, 0.1) is 11.5 Å². The zero-order valence-corrected chi connectivity index (χ0v) is 7.75. The molecular weight excluding hydrogens is 146 g/mol. The molecule has 12 heavy (non-hydrogen) atoms. The van der Waals surface area contributed by atoms with Gasteiger partial charge in [0.2, 0.25) is 0 Å². The minimum atomic E-state index is -0.0284. The second-order valence-corrected chi connectivity index (χ2v) is 4.50. The Morgan fingerprint density at radius 1 is 1.50 bits per heavy atom. The summed E-state index contributed by atoms with van der Waals surface area (Å²) in [6.07, 6.45) is 6.88. The third-order valence-electron chi connectivity index (χ3n) is 3.67. The molecule has 0 saturated heterocycles. The van der Waals surface area contributed by atoms with E-state index < -0.39 is 0 Å². The lowest BCUT2D eigenvalue weighted by atomic mass is 9.69. The van der Waals surface area contributed by atoms with Crippen LogP contribution in [0.5, 0.6) is 0 Å². The first kappa shape index (κ1) is 7.86. The summed E-state index contributed by atoms with van der Waals surface area (Å²) in [5, 5.41) is 9.23. The predicted octanol–water partition coefficient (Wildman–Crippen LogP) is 2.75. The number of hydrogen-bond acceptors (Lipinski definition) is 1. The van der Waals surface area contributed by atoms with Gasteiger partial charge in [0.1, 0.15) is 0 Å². The smallest absolute Gasteiger partial charge is 0.0698 e. The molecule has 2 aliphatic rings. The normalized spacial score (nSPS) is 43.8. The first-order valence-electron chi connectivity index (χ1n) is 4.78. The van der Waals surface area contributed by atoms with Crippen molar-refractivity contribution in [1.29, 1.82) is 5.26 Å². The van der Waals surface area contributed by atoms with Crippen molar-refractivity contribution in [2.75, 3.05) is 0 Å². The quantitative estimate of drug-likeness (QED) is 0.542. The Hall–Kier alpha value is -0.770. The van der Waals surface area contributed by atoms with Crippen LogP contribution in [0, 0.1) is 34.5 Å². The highest BCUT2D eigenvalue weighted by Gasteiger charge is 2.50. The summed E-state index contributed by atoms with van der Waals surface area (Å²) in [7, 11) is 0. The van der Waals surface area contributed by atoms with Crippen LogP contribution in [-0.2, 0) is 0 Å². The zero-order valence-electron chi connectivity index (χ0n) is 7.75. The summed E-state index contributed by atoms with van der Waals surface area (Å²) in [5.74, 6) is 1.76. The van der Waals surface area contributed by atoms with Crippen molar-refractivity contribution in [3.8, 4) is 6.07 Å². The van der Waals surface area contributed by atoms with Gasteiger partial charge in [-0.1, -0.05) is 26.0 Å². The van der Waals surface area contributed by atoms with Gasteiger partial charge in [-0.15, -0.1) is 0 Å². The van der Waals surface area contributed by atoms with E-state index in [4.69, 9.17) is 0 Å². The lowest BCUT2D eigenvalue weighted by Gasteiger charge is -2.32. The number of hydrogen-bond donors (Lipinski definition) is 0. The standard InChI is InChI=1S/C11H15N/c1-8(2)11(7-12)6-9-3-4-10(11)5-9/h3-4,8-10H,5-6H2,1-2H3/t9-,10+,11+/m0/s1. The molecule has 0 N–H and O–H groups in total. The minimum absolute atomic E-state index is 0.0284. The lowest BCUT2D eigenvalue weighted by Crippen LogP contribution is -2.29. The maximum absolute atomic E-state index is 9.23. The highest BCUT2D eigenvalue weighted by molar-refractivity contribution is 5.22. The van der Waals surface area contributed by atoms with Gasteiger partial charge in [-0.05, 0) is 30.6 Å². The molecule has 1 saturated carbocycles. The topological polar surface area (TPSA) is 23.8 Å². The summed E-state index contributed by atoms with van der Waals surface area (Å²) in [4.78, 5) is 0. The SMILES string of the molecule is CC(C)[C@]1(C#N)C[C@H]2C=C[C@@H]1C2. The Morgan fingerprint density at radius 3 is 2.50 bits per heavy atom. The predicted molar refractivity (Wildman–Crippen MR) is 48.2 cm³/mol. The number of allylic oxidation sites excluding steroid dienone is 2. The van der Waals surface area contributed by atoms with Crippen LogP contribution in [0.3, 0.4) is 0 Å². The number of fused-ring (bicyclic) bond motifs is 2. The van der Waals surface area contributed by atoms with Gasteiger partial charge in [0.25, 0.3) is 0 Å². The van der Waals surface area contributed by atoms with E-state index in [2.05, 4.69) is 32.1 Å². The minimum Gasteiger partial charge on any atom is -0.198 e. The fourth-order valence-electron chi connectivity index (χ4n) is 2.81. The molecule has 0 amide bonds. The molecule has 0 aliphatic heterocycles. The molecule has 0 aromatic heterocycles. The van der Waals surface area contributed by atoms with Crippen molar-refractivity contribution in [2.45, 2.75) is 26.7 Å². The Balaban J connectivity index is 2.33. The van der Waals surface area contributed by atoms with E-state index in [0.29, 0.717) is 17.8 Å². The average Bonchev–Trinajstić information content (AvgIpc) is 2.62. The fourth-order valence-corrected chi connectivity index (χ4v) is 2.81. The molecule has 3 atom stereocenters. The Kier molecular flexibility index (Phi) is 1.54. The molecule has 1 heteroatoms.